The molecule has 1 atom stereocenters. The van der Waals surface area contributed by atoms with Crippen LogP contribution in [0.5, 0.6) is 0 Å². The molecule has 0 bridgehead atoms. The largest absolute Gasteiger partial charge is 0.465 e. The van der Waals surface area contributed by atoms with Crippen molar-refractivity contribution in [2.75, 3.05) is 7.11 Å². The van der Waals surface area contributed by atoms with Crippen molar-refractivity contribution in [1.29, 1.82) is 0 Å². The number of fused-ring (bicyclic) bond motifs is 1. The average Bonchev–Trinajstić information content (AvgIpc) is 2.89. The van der Waals surface area contributed by atoms with Gasteiger partial charge in [-0.1, -0.05) is 66.2 Å². The number of methoxy groups -OCH3 is 1. The molecule has 0 aliphatic heterocycles. The highest BCUT2D eigenvalue weighted by molar-refractivity contribution is 6.31. The molecule has 0 fully saturated rings. The number of aryl methyl sites for hydroxylation is 1. The van der Waals surface area contributed by atoms with Crippen LogP contribution in [0.25, 0.3) is 23.1 Å². The van der Waals surface area contributed by atoms with E-state index in [9.17, 15) is 9.59 Å². The molecule has 0 spiro atoms. The van der Waals surface area contributed by atoms with Crippen molar-refractivity contribution in [3.8, 4) is 0 Å². The standard InChI is InChI=1S/C30H26ClNO4/c1-20(33)36-29(17-13-22-7-3-4-9-27(22)30(34)35-2)24-8-5-6-21(18-24)10-15-26-16-12-23-11-14-25(31)19-28(23)32-26/h3-12,14-16,18-19,29H,13,17H2,1-2H3/b15-10+/t29-/m0/s1. The van der Waals surface area contributed by atoms with Crippen LogP contribution in [-0.4, -0.2) is 24.0 Å². The average molecular weight is 500 g/mol. The van der Waals surface area contributed by atoms with Gasteiger partial charge in [-0.15, -0.1) is 0 Å². The second-order valence-electron chi connectivity index (χ2n) is 8.36. The summed E-state index contributed by atoms with van der Waals surface area (Å²) in [5.41, 5.74) is 4.84. The lowest BCUT2D eigenvalue weighted by Gasteiger charge is -2.19. The predicted molar refractivity (Wildman–Crippen MR) is 143 cm³/mol. The van der Waals surface area contributed by atoms with Gasteiger partial charge in [-0.3, -0.25) is 4.79 Å². The van der Waals surface area contributed by atoms with E-state index in [2.05, 4.69) is 4.98 Å². The zero-order valence-corrected chi connectivity index (χ0v) is 20.9. The van der Waals surface area contributed by atoms with Crippen LogP contribution in [0.2, 0.25) is 5.02 Å². The molecule has 4 aromatic rings. The molecule has 0 radical (unpaired) electrons. The van der Waals surface area contributed by atoms with E-state index < -0.39 is 6.10 Å². The van der Waals surface area contributed by atoms with Gasteiger partial charge in [0.05, 0.1) is 23.9 Å². The minimum atomic E-state index is -0.456. The number of halogens is 1. The minimum absolute atomic E-state index is 0.360. The molecule has 1 heterocycles. The van der Waals surface area contributed by atoms with Gasteiger partial charge in [-0.2, -0.15) is 0 Å². The van der Waals surface area contributed by atoms with Crippen molar-refractivity contribution < 1.29 is 19.1 Å². The first-order valence-corrected chi connectivity index (χ1v) is 12.0. The van der Waals surface area contributed by atoms with Gasteiger partial charge in [0, 0.05) is 17.3 Å². The molecule has 0 N–H and O–H groups in total. The van der Waals surface area contributed by atoms with E-state index in [-0.39, 0.29) is 11.9 Å². The van der Waals surface area contributed by atoms with Crippen molar-refractivity contribution in [3.63, 3.8) is 0 Å². The minimum Gasteiger partial charge on any atom is -0.465 e. The van der Waals surface area contributed by atoms with Crippen LogP contribution in [0.15, 0.2) is 78.9 Å². The van der Waals surface area contributed by atoms with Crippen molar-refractivity contribution in [2.24, 2.45) is 0 Å². The smallest absolute Gasteiger partial charge is 0.338 e. The summed E-state index contributed by atoms with van der Waals surface area (Å²) in [6.45, 7) is 1.40. The van der Waals surface area contributed by atoms with E-state index in [1.54, 1.807) is 12.1 Å². The Morgan fingerprint density at radius 3 is 2.58 bits per heavy atom. The summed E-state index contributed by atoms with van der Waals surface area (Å²) < 4.78 is 10.6. The Morgan fingerprint density at radius 2 is 1.78 bits per heavy atom. The van der Waals surface area contributed by atoms with Crippen LogP contribution < -0.4 is 0 Å². The quantitative estimate of drug-likeness (QED) is 0.242. The third-order valence-corrected chi connectivity index (χ3v) is 6.05. The number of hydrogen-bond acceptors (Lipinski definition) is 5. The number of benzene rings is 3. The first kappa shape index (κ1) is 25.1. The number of carbonyl (C=O) groups is 2. The second kappa shape index (κ2) is 11.6. The number of rotatable bonds is 8. The number of aromatic nitrogens is 1. The van der Waals surface area contributed by atoms with Crippen LogP contribution >= 0.6 is 11.6 Å². The van der Waals surface area contributed by atoms with Crippen LogP contribution in [0.1, 0.15) is 52.2 Å². The van der Waals surface area contributed by atoms with Crippen LogP contribution in [0.4, 0.5) is 0 Å². The van der Waals surface area contributed by atoms with Gasteiger partial charge in [0.15, 0.2) is 0 Å². The Morgan fingerprint density at radius 1 is 0.972 bits per heavy atom. The van der Waals surface area contributed by atoms with Crippen molar-refractivity contribution >= 4 is 46.6 Å². The van der Waals surface area contributed by atoms with Gasteiger partial charge in [0.1, 0.15) is 6.10 Å². The number of carbonyl (C=O) groups excluding carboxylic acids is 2. The molecule has 0 unspecified atom stereocenters. The molecule has 0 amide bonds. The third kappa shape index (κ3) is 6.37. The van der Waals surface area contributed by atoms with Gasteiger partial charge in [-0.05, 0) is 65.9 Å². The van der Waals surface area contributed by atoms with E-state index in [1.165, 1.54) is 14.0 Å². The molecule has 6 heteroatoms. The lowest BCUT2D eigenvalue weighted by atomic mass is 9.97. The molecule has 4 rings (SSSR count). The number of esters is 2. The Hall–Kier alpha value is -3.96. The molecule has 36 heavy (non-hydrogen) atoms. The van der Waals surface area contributed by atoms with Gasteiger partial charge >= 0.3 is 11.9 Å². The highest BCUT2D eigenvalue weighted by atomic mass is 35.5. The molecule has 0 aliphatic rings. The maximum absolute atomic E-state index is 12.1. The lowest BCUT2D eigenvalue weighted by molar-refractivity contribution is -0.147. The zero-order valence-electron chi connectivity index (χ0n) is 20.1. The highest BCUT2D eigenvalue weighted by Crippen LogP contribution is 2.26. The molecule has 3 aromatic carbocycles. The third-order valence-electron chi connectivity index (χ3n) is 5.81. The van der Waals surface area contributed by atoms with Crippen LogP contribution in [0.3, 0.4) is 0 Å². The monoisotopic (exact) mass is 499 g/mol. The molecule has 1 aromatic heterocycles. The maximum atomic E-state index is 12.1. The fourth-order valence-electron chi connectivity index (χ4n) is 4.07. The van der Waals surface area contributed by atoms with Crippen molar-refractivity contribution in [3.05, 3.63) is 112 Å². The summed E-state index contributed by atoms with van der Waals surface area (Å²) in [7, 11) is 1.36. The summed E-state index contributed by atoms with van der Waals surface area (Å²) in [6.07, 6.45) is 4.52. The Kier molecular flexibility index (Phi) is 8.13. The van der Waals surface area contributed by atoms with Gasteiger partial charge in [0.2, 0.25) is 0 Å². The van der Waals surface area contributed by atoms with E-state index >= 15 is 0 Å². The summed E-state index contributed by atoms with van der Waals surface area (Å²) in [4.78, 5) is 28.6. The van der Waals surface area contributed by atoms with Crippen molar-refractivity contribution in [1.82, 2.24) is 4.98 Å². The molecular weight excluding hydrogens is 474 g/mol. The number of hydrogen-bond donors (Lipinski definition) is 0. The van der Waals surface area contributed by atoms with Gasteiger partial charge in [-0.25, -0.2) is 9.78 Å². The van der Waals surface area contributed by atoms with E-state index in [1.807, 2.05) is 78.9 Å². The number of ether oxygens (including phenoxy) is 2. The van der Waals surface area contributed by atoms with E-state index in [0.717, 1.165) is 33.3 Å². The number of pyridine rings is 1. The fourth-order valence-corrected chi connectivity index (χ4v) is 4.24. The summed E-state index contributed by atoms with van der Waals surface area (Å²) >= 11 is 6.11. The first-order valence-electron chi connectivity index (χ1n) is 11.6. The lowest BCUT2D eigenvalue weighted by Crippen LogP contribution is -2.11. The molecular formula is C30H26ClNO4. The predicted octanol–water partition coefficient (Wildman–Crippen LogP) is 7.08. The summed E-state index contributed by atoms with van der Waals surface area (Å²) in [5.74, 6) is -0.743. The maximum Gasteiger partial charge on any atom is 0.338 e. The molecule has 182 valence electrons. The highest BCUT2D eigenvalue weighted by Gasteiger charge is 2.18. The zero-order chi connectivity index (χ0) is 25.5. The number of nitrogens with zero attached hydrogens (tertiary/aromatic N) is 1. The van der Waals surface area contributed by atoms with Crippen molar-refractivity contribution in [2.45, 2.75) is 25.9 Å². The first-order chi connectivity index (χ1) is 17.4. The Balaban J connectivity index is 1.54. The van der Waals surface area contributed by atoms with Crippen LogP contribution in [-0.2, 0) is 20.7 Å². The summed E-state index contributed by atoms with van der Waals surface area (Å²) in [5, 5.41) is 1.67. The van der Waals surface area contributed by atoms with Gasteiger partial charge in [0.25, 0.3) is 0 Å². The molecule has 5 nitrogen and oxygen atoms in total. The Bertz CT molecular complexity index is 1430. The summed E-state index contributed by atoms with van der Waals surface area (Å²) in [6, 6.07) is 24.8. The second-order valence-corrected chi connectivity index (χ2v) is 8.80. The van der Waals surface area contributed by atoms with Gasteiger partial charge < -0.3 is 9.47 Å². The normalized spacial score (nSPS) is 12.0. The fraction of sp³-hybridized carbons (Fsp3) is 0.167. The van der Waals surface area contributed by atoms with E-state index in [4.69, 9.17) is 21.1 Å². The van der Waals surface area contributed by atoms with E-state index in [0.29, 0.717) is 23.4 Å². The topological polar surface area (TPSA) is 65.5 Å². The molecule has 0 aliphatic carbocycles. The molecule has 0 saturated heterocycles. The molecule has 0 saturated carbocycles. The SMILES string of the molecule is COC(=O)c1ccccc1CC[C@H](OC(C)=O)c1cccc(/C=C/c2ccc3ccc(Cl)cc3n2)c1. The Labute approximate surface area is 215 Å². The van der Waals surface area contributed by atoms with Crippen LogP contribution in [0, 0.1) is 0 Å².